The molecule has 17 heavy (non-hydrogen) atoms. The highest BCUT2D eigenvalue weighted by atomic mass is 127. The molecule has 1 unspecified atom stereocenters. The predicted octanol–water partition coefficient (Wildman–Crippen LogP) is 2.43. The Hall–Kier alpha value is -0.820. The zero-order chi connectivity index (χ0) is 12.7. The lowest BCUT2D eigenvalue weighted by atomic mass is 10.1. The maximum absolute atomic E-state index is 11.5. The Labute approximate surface area is 115 Å². The first-order chi connectivity index (χ1) is 8.11. The van der Waals surface area contributed by atoms with Gasteiger partial charge >= 0.3 is 6.03 Å². The number of aliphatic hydroxyl groups is 1. The van der Waals surface area contributed by atoms with Gasteiger partial charge in [-0.3, -0.25) is 0 Å². The van der Waals surface area contributed by atoms with E-state index in [1.807, 2.05) is 31.2 Å². The Kier molecular flexibility index (Phi) is 6.28. The second kappa shape index (κ2) is 7.50. The molecule has 0 fully saturated rings. The second-order valence-electron chi connectivity index (χ2n) is 3.96. The van der Waals surface area contributed by atoms with Crippen molar-refractivity contribution in [1.29, 1.82) is 0 Å². The van der Waals surface area contributed by atoms with E-state index in [4.69, 9.17) is 5.11 Å². The lowest BCUT2D eigenvalue weighted by Gasteiger charge is -2.12. The average Bonchev–Trinajstić information content (AvgIpc) is 2.27. The summed E-state index contributed by atoms with van der Waals surface area (Å²) in [5, 5.41) is 14.3. The molecule has 1 aromatic rings. The van der Waals surface area contributed by atoms with Crippen LogP contribution < -0.4 is 10.6 Å². The molecule has 1 rings (SSSR count). The van der Waals surface area contributed by atoms with E-state index in [-0.39, 0.29) is 18.6 Å². The van der Waals surface area contributed by atoms with Gasteiger partial charge in [-0.05, 0) is 53.1 Å². The van der Waals surface area contributed by atoms with Crippen molar-refractivity contribution >= 4 is 34.3 Å². The number of nitrogens with one attached hydrogen (secondary N) is 2. The van der Waals surface area contributed by atoms with Gasteiger partial charge in [0, 0.05) is 22.4 Å². The Bertz CT molecular complexity index is 371. The van der Waals surface area contributed by atoms with Crippen LogP contribution >= 0.6 is 22.6 Å². The number of carbonyl (C=O) groups excluding carboxylic acids is 1. The fraction of sp³-hybridized carbons (Fsp3) is 0.417. The van der Waals surface area contributed by atoms with E-state index in [0.717, 1.165) is 9.26 Å². The first-order valence-corrected chi connectivity index (χ1v) is 6.61. The van der Waals surface area contributed by atoms with E-state index >= 15 is 0 Å². The SMILES string of the molecule is CC(CCO)CNC(=O)Nc1cccc(I)c1. The molecule has 0 radical (unpaired) electrons. The second-order valence-corrected chi connectivity index (χ2v) is 5.21. The van der Waals surface area contributed by atoms with E-state index in [2.05, 4.69) is 33.2 Å². The van der Waals surface area contributed by atoms with Crippen molar-refractivity contribution in [2.45, 2.75) is 13.3 Å². The molecule has 0 aromatic heterocycles. The summed E-state index contributed by atoms with van der Waals surface area (Å²) in [4.78, 5) is 11.5. The van der Waals surface area contributed by atoms with E-state index in [0.29, 0.717) is 13.0 Å². The van der Waals surface area contributed by atoms with Crippen LogP contribution in [-0.2, 0) is 0 Å². The molecular weight excluding hydrogens is 331 g/mol. The standard InChI is InChI=1S/C12H17IN2O2/c1-9(5-6-16)8-14-12(17)15-11-4-2-3-10(13)7-11/h2-4,7,9,16H,5-6,8H2,1H3,(H2,14,15,17). The summed E-state index contributed by atoms with van der Waals surface area (Å²) in [6, 6.07) is 7.39. The number of carbonyl (C=O) groups is 1. The monoisotopic (exact) mass is 348 g/mol. The van der Waals surface area contributed by atoms with Crippen molar-refractivity contribution in [3.05, 3.63) is 27.8 Å². The zero-order valence-electron chi connectivity index (χ0n) is 9.74. The van der Waals surface area contributed by atoms with Gasteiger partial charge in [0.25, 0.3) is 0 Å². The number of halogens is 1. The van der Waals surface area contributed by atoms with Crippen molar-refractivity contribution in [1.82, 2.24) is 5.32 Å². The Morgan fingerprint density at radius 3 is 2.94 bits per heavy atom. The molecule has 3 N–H and O–H groups in total. The zero-order valence-corrected chi connectivity index (χ0v) is 11.9. The van der Waals surface area contributed by atoms with Crippen molar-refractivity contribution < 1.29 is 9.90 Å². The van der Waals surface area contributed by atoms with Crippen LogP contribution in [0.1, 0.15) is 13.3 Å². The van der Waals surface area contributed by atoms with Crippen LogP contribution in [0.25, 0.3) is 0 Å². The number of benzene rings is 1. The van der Waals surface area contributed by atoms with Gasteiger partial charge < -0.3 is 15.7 Å². The summed E-state index contributed by atoms with van der Waals surface area (Å²) in [5.41, 5.74) is 0.782. The number of anilines is 1. The lowest BCUT2D eigenvalue weighted by Crippen LogP contribution is -2.32. The molecule has 0 saturated carbocycles. The maximum atomic E-state index is 11.5. The van der Waals surface area contributed by atoms with Crippen LogP contribution in [0, 0.1) is 9.49 Å². The summed E-state index contributed by atoms with van der Waals surface area (Å²) in [6.45, 7) is 2.71. The Morgan fingerprint density at radius 2 is 2.29 bits per heavy atom. The van der Waals surface area contributed by atoms with Crippen LogP contribution in [0.3, 0.4) is 0 Å². The highest BCUT2D eigenvalue weighted by Gasteiger charge is 2.05. The van der Waals surface area contributed by atoms with Crippen molar-refractivity contribution in [2.75, 3.05) is 18.5 Å². The summed E-state index contributed by atoms with van der Waals surface area (Å²) >= 11 is 2.20. The molecule has 5 heteroatoms. The third kappa shape index (κ3) is 5.88. The van der Waals surface area contributed by atoms with Crippen LogP contribution in [-0.4, -0.2) is 24.3 Å². The summed E-state index contributed by atoms with van der Waals surface area (Å²) in [5.74, 6) is 0.279. The maximum Gasteiger partial charge on any atom is 0.319 e. The van der Waals surface area contributed by atoms with Gasteiger partial charge in [0.15, 0.2) is 0 Å². The van der Waals surface area contributed by atoms with Crippen LogP contribution in [0.4, 0.5) is 10.5 Å². The quantitative estimate of drug-likeness (QED) is 0.716. The summed E-state index contributed by atoms with van der Waals surface area (Å²) < 4.78 is 1.08. The number of hydrogen-bond acceptors (Lipinski definition) is 2. The van der Waals surface area contributed by atoms with Gasteiger partial charge in [-0.15, -0.1) is 0 Å². The molecule has 1 atom stereocenters. The van der Waals surface area contributed by atoms with Gasteiger partial charge in [0.05, 0.1) is 0 Å². The largest absolute Gasteiger partial charge is 0.396 e. The van der Waals surface area contributed by atoms with Gasteiger partial charge in [-0.25, -0.2) is 4.79 Å². The smallest absolute Gasteiger partial charge is 0.319 e. The van der Waals surface area contributed by atoms with Gasteiger partial charge in [-0.1, -0.05) is 13.0 Å². The van der Waals surface area contributed by atoms with Crippen LogP contribution in [0.5, 0.6) is 0 Å². The molecule has 4 nitrogen and oxygen atoms in total. The number of amides is 2. The molecule has 0 heterocycles. The summed E-state index contributed by atoms with van der Waals surface area (Å²) in [7, 11) is 0. The fourth-order valence-electron chi connectivity index (χ4n) is 1.33. The minimum absolute atomic E-state index is 0.154. The molecule has 94 valence electrons. The average molecular weight is 348 g/mol. The van der Waals surface area contributed by atoms with E-state index in [1.165, 1.54) is 0 Å². The first-order valence-electron chi connectivity index (χ1n) is 5.53. The molecule has 0 aliphatic rings. The Balaban J connectivity index is 2.34. The minimum Gasteiger partial charge on any atom is -0.396 e. The van der Waals surface area contributed by atoms with Crippen molar-refractivity contribution in [3.8, 4) is 0 Å². The molecular formula is C12H17IN2O2. The van der Waals surface area contributed by atoms with Gasteiger partial charge in [-0.2, -0.15) is 0 Å². The van der Waals surface area contributed by atoms with Gasteiger partial charge in [0.2, 0.25) is 0 Å². The fourth-order valence-corrected chi connectivity index (χ4v) is 1.87. The molecule has 0 spiro atoms. The molecule has 0 saturated heterocycles. The van der Waals surface area contributed by atoms with Crippen LogP contribution in [0.2, 0.25) is 0 Å². The Morgan fingerprint density at radius 1 is 1.53 bits per heavy atom. The van der Waals surface area contributed by atoms with Crippen molar-refractivity contribution in [2.24, 2.45) is 5.92 Å². The number of aliphatic hydroxyl groups excluding tert-OH is 1. The summed E-state index contributed by atoms with van der Waals surface area (Å²) in [6.07, 6.45) is 0.698. The molecule has 1 aromatic carbocycles. The third-order valence-electron chi connectivity index (χ3n) is 2.32. The van der Waals surface area contributed by atoms with Crippen LogP contribution in [0.15, 0.2) is 24.3 Å². The number of rotatable bonds is 5. The highest BCUT2D eigenvalue weighted by Crippen LogP contribution is 2.12. The molecule has 0 aliphatic carbocycles. The molecule has 2 amide bonds. The van der Waals surface area contributed by atoms with Gasteiger partial charge in [0.1, 0.15) is 0 Å². The first kappa shape index (κ1) is 14.2. The third-order valence-corrected chi connectivity index (χ3v) is 2.99. The normalized spacial score (nSPS) is 11.9. The minimum atomic E-state index is -0.211. The lowest BCUT2D eigenvalue weighted by molar-refractivity contribution is 0.243. The van der Waals surface area contributed by atoms with E-state index in [9.17, 15) is 4.79 Å². The molecule has 0 aliphatic heterocycles. The van der Waals surface area contributed by atoms with Crippen molar-refractivity contribution in [3.63, 3.8) is 0 Å². The van der Waals surface area contributed by atoms with E-state index < -0.39 is 0 Å². The predicted molar refractivity (Wildman–Crippen MR) is 77.0 cm³/mol. The highest BCUT2D eigenvalue weighted by molar-refractivity contribution is 14.1. The number of urea groups is 1. The van der Waals surface area contributed by atoms with E-state index in [1.54, 1.807) is 0 Å². The number of hydrogen-bond donors (Lipinski definition) is 3. The topological polar surface area (TPSA) is 61.4 Å². The molecule has 0 bridgehead atoms.